The highest BCUT2D eigenvalue weighted by Crippen LogP contribution is 2.43. The van der Waals surface area contributed by atoms with E-state index in [2.05, 4.69) is 220 Å². The van der Waals surface area contributed by atoms with Gasteiger partial charge in [-0.3, -0.25) is 4.57 Å². The van der Waals surface area contributed by atoms with E-state index in [1.54, 1.807) is 0 Å². The Kier molecular flexibility index (Phi) is 7.24. The summed E-state index contributed by atoms with van der Waals surface area (Å²) in [4.78, 5) is 10.6. The number of hydrogen-bond acceptors (Lipinski definition) is 2. The summed E-state index contributed by atoms with van der Waals surface area (Å²) in [6.45, 7) is 0. The number of nitrogens with zero attached hydrogens (tertiary/aromatic N) is 5. The molecule has 0 atom stereocenters. The third-order valence-corrected chi connectivity index (χ3v) is 12.4. The summed E-state index contributed by atoms with van der Waals surface area (Å²) in [6.07, 6.45) is 0. The summed E-state index contributed by atoms with van der Waals surface area (Å²) in [7, 11) is 0. The molecule has 0 saturated carbocycles. The molecule has 4 aromatic heterocycles. The third-order valence-electron chi connectivity index (χ3n) is 12.4. The van der Waals surface area contributed by atoms with Gasteiger partial charge >= 0.3 is 0 Å². The molecule has 13 rings (SSSR count). The van der Waals surface area contributed by atoms with Gasteiger partial charge in [0.15, 0.2) is 0 Å². The third kappa shape index (κ3) is 5.01. The predicted octanol–water partition coefficient (Wildman–Crippen LogP) is 14.3. The van der Waals surface area contributed by atoms with Crippen molar-refractivity contribution < 1.29 is 0 Å². The molecule has 61 heavy (non-hydrogen) atoms. The monoisotopic (exact) mass is 777 g/mol. The van der Waals surface area contributed by atoms with Crippen molar-refractivity contribution in [3.8, 4) is 39.7 Å². The van der Waals surface area contributed by atoms with Crippen molar-refractivity contribution >= 4 is 76.3 Å². The van der Waals surface area contributed by atoms with Crippen LogP contribution < -0.4 is 0 Å². The second kappa shape index (κ2) is 13.1. The molecule has 0 aliphatic carbocycles. The Morgan fingerprint density at radius 2 is 0.787 bits per heavy atom. The Labute approximate surface area is 350 Å². The van der Waals surface area contributed by atoms with E-state index in [1.165, 1.54) is 43.7 Å². The van der Waals surface area contributed by atoms with Crippen molar-refractivity contribution in [2.75, 3.05) is 0 Å². The topological polar surface area (TPSA) is 40.6 Å². The lowest BCUT2D eigenvalue weighted by Crippen LogP contribution is -2.04. The maximum absolute atomic E-state index is 5.36. The van der Waals surface area contributed by atoms with Gasteiger partial charge in [-0.1, -0.05) is 152 Å². The number of para-hydroxylation sites is 4. The Morgan fingerprint density at radius 1 is 0.279 bits per heavy atom. The van der Waals surface area contributed by atoms with Gasteiger partial charge < -0.3 is 9.13 Å². The van der Waals surface area contributed by atoms with Gasteiger partial charge in [0.05, 0.1) is 44.3 Å². The van der Waals surface area contributed by atoms with Gasteiger partial charge in [0, 0.05) is 54.6 Å². The van der Waals surface area contributed by atoms with Crippen LogP contribution in [0.2, 0.25) is 0 Å². The molecule has 0 bridgehead atoms. The van der Waals surface area contributed by atoms with E-state index in [4.69, 9.17) is 9.97 Å². The quantitative estimate of drug-likeness (QED) is 0.175. The number of fused-ring (bicyclic) bond motifs is 11. The van der Waals surface area contributed by atoms with E-state index in [-0.39, 0.29) is 0 Å². The van der Waals surface area contributed by atoms with Gasteiger partial charge in [-0.2, -0.15) is 0 Å². The summed E-state index contributed by atoms with van der Waals surface area (Å²) in [6, 6.07) is 76.0. The fourth-order valence-electron chi connectivity index (χ4n) is 9.82. The number of hydrogen-bond donors (Lipinski definition) is 0. The fraction of sp³-hybridized carbons (Fsp3) is 0. The maximum Gasteiger partial charge on any atom is 0.235 e. The largest absolute Gasteiger partial charge is 0.309 e. The van der Waals surface area contributed by atoms with Gasteiger partial charge in [0.2, 0.25) is 5.95 Å². The summed E-state index contributed by atoms with van der Waals surface area (Å²) in [5.74, 6) is 0.647. The van der Waals surface area contributed by atoms with E-state index in [0.29, 0.717) is 5.95 Å². The first kappa shape index (κ1) is 33.7. The first-order chi connectivity index (χ1) is 30.3. The Morgan fingerprint density at radius 3 is 1.46 bits per heavy atom. The molecule has 0 spiro atoms. The molecule has 0 radical (unpaired) electrons. The van der Waals surface area contributed by atoms with Crippen LogP contribution in [0, 0.1) is 0 Å². The first-order valence-electron chi connectivity index (χ1n) is 20.8. The minimum Gasteiger partial charge on any atom is -0.309 e. The number of rotatable bonds is 5. The molecule has 5 nitrogen and oxygen atoms in total. The van der Waals surface area contributed by atoms with Crippen LogP contribution in [0.5, 0.6) is 0 Å². The van der Waals surface area contributed by atoms with Crippen LogP contribution in [0.25, 0.3) is 116 Å². The summed E-state index contributed by atoms with van der Waals surface area (Å²) in [5, 5.41) is 8.29. The molecule has 0 fully saturated rings. The number of aromatic nitrogens is 5. The second-order valence-electron chi connectivity index (χ2n) is 15.8. The van der Waals surface area contributed by atoms with Crippen LogP contribution in [-0.4, -0.2) is 23.7 Å². The van der Waals surface area contributed by atoms with Crippen molar-refractivity contribution in [3.63, 3.8) is 0 Å². The van der Waals surface area contributed by atoms with Crippen LogP contribution >= 0.6 is 0 Å². The standard InChI is InChI=1S/C56H35N5/c1-3-16-36(17-4-1)38-20-15-21-39(34-38)59-48-28-13-9-24-44(48)53-50(59)32-33-51-54(53)45-25-10-14-29-49(45)60(51)40-30-31-42-41-22-8-12-27-47(41)61(52(42)35-40)56-57-46-26-11-7-23-43(46)55(58-56)37-18-5-2-6-19-37/h1-35H. The van der Waals surface area contributed by atoms with Gasteiger partial charge in [-0.15, -0.1) is 0 Å². The Hall–Kier alpha value is -8.28. The van der Waals surface area contributed by atoms with Crippen LogP contribution in [0.3, 0.4) is 0 Å². The van der Waals surface area contributed by atoms with E-state index >= 15 is 0 Å². The highest BCUT2D eigenvalue weighted by Gasteiger charge is 2.22. The molecule has 0 aliphatic rings. The van der Waals surface area contributed by atoms with Gasteiger partial charge in [0.1, 0.15) is 0 Å². The molecule has 0 unspecified atom stereocenters. The molecule has 5 heteroatoms. The van der Waals surface area contributed by atoms with Crippen molar-refractivity contribution in [2.45, 2.75) is 0 Å². The van der Waals surface area contributed by atoms with Crippen molar-refractivity contribution in [1.29, 1.82) is 0 Å². The van der Waals surface area contributed by atoms with Crippen LogP contribution in [0.1, 0.15) is 0 Å². The molecule has 9 aromatic carbocycles. The lowest BCUT2D eigenvalue weighted by atomic mass is 10.0. The average Bonchev–Trinajstić information content (AvgIpc) is 3.97. The van der Waals surface area contributed by atoms with Crippen molar-refractivity contribution in [3.05, 3.63) is 212 Å². The van der Waals surface area contributed by atoms with Crippen LogP contribution in [-0.2, 0) is 0 Å². The molecular formula is C56H35N5. The van der Waals surface area contributed by atoms with Crippen molar-refractivity contribution in [1.82, 2.24) is 23.7 Å². The zero-order valence-electron chi connectivity index (χ0n) is 32.9. The molecule has 13 aromatic rings. The summed E-state index contributed by atoms with van der Waals surface area (Å²) < 4.78 is 7.11. The molecular weight excluding hydrogens is 743 g/mol. The minimum atomic E-state index is 0.647. The van der Waals surface area contributed by atoms with E-state index in [1.807, 2.05) is 6.07 Å². The first-order valence-corrected chi connectivity index (χ1v) is 20.8. The zero-order chi connectivity index (χ0) is 40.0. The molecule has 0 amide bonds. The van der Waals surface area contributed by atoms with Crippen molar-refractivity contribution in [2.24, 2.45) is 0 Å². The highest BCUT2D eigenvalue weighted by molar-refractivity contribution is 6.29. The molecule has 0 N–H and O–H groups in total. The smallest absolute Gasteiger partial charge is 0.235 e. The molecule has 284 valence electrons. The fourth-order valence-corrected chi connectivity index (χ4v) is 9.82. The predicted molar refractivity (Wildman–Crippen MR) is 253 cm³/mol. The van der Waals surface area contributed by atoms with Crippen LogP contribution in [0.15, 0.2) is 212 Å². The van der Waals surface area contributed by atoms with Gasteiger partial charge in [0.25, 0.3) is 0 Å². The Balaban J connectivity index is 1.08. The van der Waals surface area contributed by atoms with Gasteiger partial charge in [-0.25, -0.2) is 9.97 Å². The zero-order valence-corrected chi connectivity index (χ0v) is 32.9. The second-order valence-corrected chi connectivity index (χ2v) is 15.8. The van der Waals surface area contributed by atoms with E-state index in [9.17, 15) is 0 Å². The van der Waals surface area contributed by atoms with E-state index < -0.39 is 0 Å². The lowest BCUT2D eigenvalue weighted by Gasteiger charge is -2.13. The average molecular weight is 778 g/mol. The summed E-state index contributed by atoms with van der Waals surface area (Å²) >= 11 is 0. The lowest BCUT2D eigenvalue weighted by molar-refractivity contribution is 1.01. The highest BCUT2D eigenvalue weighted by atomic mass is 15.2. The molecule has 4 heterocycles. The SMILES string of the molecule is c1ccc(-c2cccc(-n3c4ccccc4c4c5c6ccccc6n(-c6ccc7c8ccccc8n(-c8nc(-c9ccccc9)c9ccccc9n8)c7c6)c5ccc43)c2)cc1. The molecule has 0 aliphatic heterocycles. The maximum atomic E-state index is 5.36. The Bertz CT molecular complexity index is 3870. The van der Waals surface area contributed by atoms with Gasteiger partial charge in [-0.05, 0) is 71.8 Å². The normalized spacial score (nSPS) is 11.9. The van der Waals surface area contributed by atoms with E-state index in [0.717, 1.165) is 66.4 Å². The number of benzene rings is 9. The van der Waals surface area contributed by atoms with Crippen LogP contribution in [0.4, 0.5) is 0 Å². The minimum absolute atomic E-state index is 0.647. The summed E-state index contributed by atoms with van der Waals surface area (Å²) in [5.41, 5.74) is 14.3. The molecule has 0 saturated heterocycles.